The van der Waals surface area contributed by atoms with Gasteiger partial charge in [-0.1, -0.05) is 18.3 Å². The van der Waals surface area contributed by atoms with Crippen LogP contribution >= 0.6 is 11.8 Å². The first-order chi connectivity index (χ1) is 7.54. The predicted molar refractivity (Wildman–Crippen MR) is 54.8 cm³/mol. The number of rotatable bonds is 4. The van der Waals surface area contributed by atoms with Crippen molar-refractivity contribution in [3.63, 3.8) is 0 Å². The Hall–Kier alpha value is -1.63. The molecule has 0 N–H and O–H groups in total. The molecule has 1 rings (SSSR count). The van der Waals surface area contributed by atoms with E-state index in [0.29, 0.717) is 16.8 Å². The van der Waals surface area contributed by atoms with E-state index in [9.17, 15) is 19.2 Å². The zero-order chi connectivity index (χ0) is 12.1. The molecule has 16 heavy (non-hydrogen) atoms. The maximum atomic E-state index is 11.1. The molecule has 1 aliphatic heterocycles. The lowest BCUT2D eigenvalue weighted by molar-refractivity contribution is -0.195. The molecule has 0 unspecified atom stereocenters. The highest BCUT2D eigenvalue weighted by Crippen LogP contribution is 2.13. The Morgan fingerprint density at radius 1 is 1.38 bits per heavy atom. The third-order valence-corrected chi connectivity index (χ3v) is 2.53. The van der Waals surface area contributed by atoms with Crippen molar-refractivity contribution in [3.8, 4) is 0 Å². The van der Waals surface area contributed by atoms with Gasteiger partial charge in [0, 0.05) is 12.8 Å². The van der Waals surface area contributed by atoms with E-state index in [4.69, 9.17) is 0 Å². The van der Waals surface area contributed by atoms with Crippen LogP contribution in [0.15, 0.2) is 12.7 Å². The van der Waals surface area contributed by atoms with Crippen LogP contribution in [0.3, 0.4) is 0 Å². The van der Waals surface area contributed by atoms with Gasteiger partial charge in [0.05, 0.1) is 0 Å². The van der Waals surface area contributed by atoms with Crippen molar-refractivity contribution < 1.29 is 24.0 Å². The van der Waals surface area contributed by atoms with Gasteiger partial charge in [0.25, 0.3) is 11.8 Å². The van der Waals surface area contributed by atoms with Crippen LogP contribution in [-0.2, 0) is 24.0 Å². The molecule has 0 aliphatic carbocycles. The van der Waals surface area contributed by atoms with Gasteiger partial charge in [-0.2, -0.15) is 0 Å². The van der Waals surface area contributed by atoms with Crippen molar-refractivity contribution in [1.82, 2.24) is 5.06 Å². The Kier molecular flexibility index (Phi) is 4.24. The topological polar surface area (TPSA) is 80.8 Å². The van der Waals surface area contributed by atoms with Gasteiger partial charge in [0.15, 0.2) is 0 Å². The molecule has 2 amide bonds. The van der Waals surface area contributed by atoms with E-state index in [0.717, 1.165) is 6.08 Å². The number of carbonyl (C=O) groups is 4. The minimum Gasteiger partial charge on any atom is -0.329 e. The monoisotopic (exact) mass is 243 g/mol. The number of amides is 2. The lowest BCUT2D eigenvalue weighted by atomic mass is 10.4. The van der Waals surface area contributed by atoms with Crippen LogP contribution in [0.2, 0.25) is 0 Å². The molecule has 1 saturated heterocycles. The van der Waals surface area contributed by atoms with Gasteiger partial charge in [-0.15, -0.1) is 5.06 Å². The van der Waals surface area contributed by atoms with Crippen LogP contribution in [0.4, 0.5) is 0 Å². The fourth-order valence-corrected chi connectivity index (χ4v) is 1.41. The zero-order valence-corrected chi connectivity index (χ0v) is 9.12. The first-order valence-corrected chi connectivity index (χ1v) is 5.39. The number of imide groups is 1. The minimum absolute atomic E-state index is 0.0465. The second kappa shape index (κ2) is 5.45. The largest absolute Gasteiger partial charge is 0.343 e. The molecule has 0 bridgehead atoms. The van der Waals surface area contributed by atoms with Crippen LogP contribution in [0.25, 0.3) is 0 Å². The van der Waals surface area contributed by atoms with Gasteiger partial charge in [-0.3, -0.25) is 14.4 Å². The van der Waals surface area contributed by atoms with Gasteiger partial charge in [-0.05, 0) is 6.08 Å². The first-order valence-electron chi connectivity index (χ1n) is 4.40. The first kappa shape index (κ1) is 12.4. The van der Waals surface area contributed by atoms with Crippen LogP contribution in [0, 0.1) is 0 Å². The normalized spacial score (nSPS) is 15.1. The summed E-state index contributed by atoms with van der Waals surface area (Å²) in [5.74, 6) is -2.16. The van der Waals surface area contributed by atoms with Crippen LogP contribution < -0.4 is 0 Å². The van der Waals surface area contributed by atoms with Crippen molar-refractivity contribution in [3.05, 3.63) is 12.7 Å². The average Bonchev–Trinajstić information content (AvgIpc) is 2.57. The van der Waals surface area contributed by atoms with Crippen molar-refractivity contribution in [2.24, 2.45) is 0 Å². The minimum atomic E-state index is -0.816. The molecular weight excluding hydrogens is 234 g/mol. The Bertz CT molecular complexity index is 349. The van der Waals surface area contributed by atoms with Gasteiger partial charge in [0.2, 0.25) is 5.12 Å². The zero-order valence-electron chi connectivity index (χ0n) is 8.30. The lowest BCUT2D eigenvalue weighted by Gasteiger charge is -2.11. The fourth-order valence-electron chi connectivity index (χ4n) is 0.975. The SMILES string of the molecule is C=CC(=O)SCC(=O)ON1C(=O)CCC1=O. The highest BCUT2D eigenvalue weighted by atomic mass is 32.2. The number of hydrogen-bond donors (Lipinski definition) is 0. The molecule has 1 aliphatic rings. The van der Waals surface area contributed by atoms with Gasteiger partial charge in [-0.25, -0.2) is 4.79 Å². The van der Waals surface area contributed by atoms with Crippen LogP contribution in [0.1, 0.15) is 12.8 Å². The Morgan fingerprint density at radius 2 is 1.94 bits per heavy atom. The second-order valence-corrected chi connectivity index (χ2v) is 3.84. The third kappa shape index (κ3) is 3.20. The third-order valence-electron chi connectivity index (χ3n) is 1.70. The summed E-state index contributed by atoms with van der Waals surface area (Å²) in [6, 6.07) is 0. The molecule has 0 aromatic rings. The number of carbonyl (C=O) groups excluding carboxylic acids is 4. The van der Waals surface area contributed by atoms with Gasteiger partial charge >= 0.3 is 5.97 Å². The maximum absolute atomic E-state index is 11.1. The summed E-state index contributed by atoms with van der Waals surface area (Å²) in [4.78, 5) is 48.5. The molecule has 7 heteroatoms. The fraction of sp³-hybridized carbons (Fsp3) is 0.333. The quantitative estimate of drug-likeness (QED) is 0.512. The molecule has 0 saturated carbocycles. The summed E-state index contributed by atoms with van der Waals surface area (Å²) in [6.07, 6.45) is 1.15. The molecule has 86 valence electrons. The van der Waals surface area contributed by atoms with E-state index >= 15 is 0 Å². The molecular formula is C9H9NO5S. The molecule has 0 aromatic carbocycles. The van der Waals surface area contributed by atoms with Crippen molar-refractivity contribution in [1.29, 1.82) is 0 Å². The van der Waals surface area contributed by atoms with E-state index in [1.165, 1.54) is 0 Å². The Morgan fingerprint density at radius 3 is 2.44 bits per heavy atom. The summed E-state index contributed by atoms with van der Waals surface area (Å²) in [7, 11) is 0. The highest BCUT2D eigenvalue weighted by molar-refractivity contribution is 8.14. The predicted octanol–water partition coefficient (Wildman–Crippen LogP) is 0.0394. The summed E-state index contributed by atoms with van der Waals surface area (Å²) < 4.78 is 0. The van der Waals surface area contributed by atoms with Gasteiger partial charge < -0.3 is 4.84 Å². The summed E-state index contributed by atoms with van der Waals surface area (Å²) >= 11 is 0.690. The molecule has 1 fully saturated rings. The lowest BCUT2D eigenvalue weighted by Crippen LogP contribution is -2.32. The van der Waals surface area contributed by atoms with E-state index in [-0.39, 0.29) is 23.7 Å². The molecule has 6 nitrogen and oxygen atoms in total. The van der Waals surface area contributed by atoms with E-state index < -0.39 is 17.8 Å². The number of hydrogen-bond acceptors (Lipinski definition) is 6. The van der Waals surface area contributed by atoms with E-state index in [1.807, 2.05) is 0 Å². The number of thioether (sulfide) groups is 1. The van der Waals surface area contributed by atoms with Gasteiger partial charge in [0.1, 0.15) is 5.75 Å². The van der Waals surface area contributed by atoms with Crippen molar-refractivity contribution in [2.45, 2.75) is 12.8 Å². The molecule has 0 aromatic heterocycles. The number of hydroxylamine groups is 2. The van der Waals surface area contributed by atoms with Crippen LogP contribution in [-0.4, -0.2) is 33.7 Å². The molecule has 1 heterocycles. The van der Waals surface area contributed by atoms with Crippen LogP contribution in [0.5, 0.6) is 0 Å². The summed E-state index contributed by atoms with van der Waals surface area (Å²) in [6.45, 7) is 3.22. The van der Waals surface area contributed by atoms with Crippen molar-refractivity contribution >= 4 is 34.7 Å². The highest BCUT2D eigenvalue weighted by Gasteiger charge is 2.32. The summed E-state index contributed by atoms with van der Waals surface area (Å²) in [5, 5.41) is 0.0670. The summed E-state index contributed by atoms with van der Waals surface area (Å²) in [5.41, 5.74) is 0. The molecule has 0 radical (unpaired) electrons. The average molecular weight is 243 g/mol. The van der Waals surface area contributed by atoms with Crippen molar-refractivity contribution in [2.75, 3.05) is 5.75 Å². The molecule has 0 spiro atoms. The second-order valence-electron chi connectivity index (χ2n) is 2.86. The smallest absolute Gasteiger partial charge is 0.329 e. The van der Waals surface area contributed by atoms with E-state index in [1.54, 1.807) is 0 Å². The van der Waals surface area contributed by atoms with E-state index in [2.05, 4.69) is 11.4 Å². The standard InChI is InChI=1S/C9H9NO5S/c1-2-9(14)16-5-8(13)15-10-6(11)3-4-7(10)12/h2H,1,3-5H2. The number of nitrogens with zero attached hydrogens (tertiary/aromatic N) is 1. The Balaban J connectivity index is 2.39. The maximum Gasteiger partial charge on any atom is 0.343 e. The molecule has 0 atom stereocenters. The Labute approximate surface area is 95.6 Å².